The van der Waals surface area contributed by atoms with Gasteiger partial charge in [-0.25, -0.2) is 0 Å². The molecule has 9 aromatic carbocycles. The van der Waals surface area contributed by atoms with Crippen molar-refractivity contribution in [2.24, 2.45) is 0 Å². The zero-order chi connectivity index (χ0) is 34.7. The highest BCUT2D eigenvalue weighted by Crippen LogP contribution is 2.66. The molecule has 2 heteroatoms. The molecule has 0 unspecified atom stereocenters. The first kappa shape index (κ1) is 28.8. The minimum absolute atomic E-state index is 0.509. The van der Waals surface area contributed by atoms with E-state index in [1.807, 2.05) is 6.07 Å². The first-order valence-electron chi connectivity index (χ1n) is 18.4. The molecule has 246 valence electrons. The summed E-state index contributed by atoms with van der Waals surface area (Å²) in [6, 6.07) is 69.1. The molecule has 1 heterocycles. The van der Waals surface area contributed by atoms with E-state index in [1.165, 1.54) is 66.1 Å². The van der Waals surface area contributed by atoms with Gasteiger partial charge in [0.25, 0.3) is 0 Å². The van der Waals surface area contributed by atoms with Crippen molar-refractivity contribution in [2.75, 3.05) is 4.90 Å². The molecule has 0 saturated carbocycles. The number of nitrogens with zero attached hydrogens (tertiary/aromatic N) is 1. The second kappa shape index (κ2) is 10.6. The van der Waals surface area contributed by atoms with E-state index in [-0.39, 0.29) is 0 Å². The molecule has 0 saturated heterocycles. The van der Waals surface area contributed by atoms with Crippen molar-refractivity contribution in [3.63, 3.8) is 0 Å². The first-order valence-corrected chi connectivity index (χ1v) is 18.4. The number of rotatable bonds is 3. The molecule has 0 fully saturated rings. The van der Waals surface area contributed by atoms with Crippen LogP contribution in [0.1, 0.15) is 22.3 Å². The summed E-state index contributed by atoms with van der Waals surface area (Å²) in [7, 11) is 0. The molecule has 0 bridgehead atoms. The predicted molar refractivity (Wildman–Crippen MR) is 220 cm³/mol. The highest BCUT2D eigenvalue weighted by Gasteiger charge is 2.53. The van der Waals surface area contributed by atoms with E-state index in [1.54, 1.807) is 0 Å². The number of fused-ring (bicyclic) bond motifs is 17. The molecule has 0 aliphatic heterocycles. The van der Waals surface area contributed by atoms with Gasteiger partial charge in [0.2, 0.25) is 0 Å². The van der Waals surface area contributed by atoms with Crippen LogP contribution in [-0.4, -0.2) is 0 Å². The lowest BCUT2D eigenvalue weighted by Gasteiger charge is -2.33. The molecule has 10 aromatic rings. The van der Waals surface area contributed by atoms with E-state index in [4.69, 9.17) is 4.42 Å². The van der Waals surface area contributed by atoms with Crippen LogP contribution in [0.25, 0.3) is 65.7 Å². The van der Waals surface area contributed by atoms with Crippen molar-refractivity contribution < 1.29 is 4.42 Å². The maximum absolute atomic E-state index is 6.31. The summed E-state index contributed by atoms with van der Waals surface area (Å²) in [6.45, 7) is 0. The fourth-order valence-corrected chi connectivity index (χ4v) is 9.80. The minimum atomic E-state index is -0.509. The Balaban J connectivity index is 1.25. The van der Waals surface area contributed by atoms with Crippen molar-refractivity contribution in [3.8, 4) is 22.3 Å². The Morgan fingerprint density at radius 2 is 1.00 bits per heavy atom. The molecule has 2 aliphatic carbocycles. The maximum Gasteiger partial charge on any atom is 0.135 e. The van der Waals surface area contributed by atoms with Crippen molar-refractivity contribution in [2.45, 2.75) is 5.41 Å². The maximum atomic E-state index is 6.31. The van der Waals surface area contributed by atoms with Crippen molar-refractivity contribution in [1.82, 2.24) is 0 Å². The smallest absolute Gasteiger partial charge is 0.135 e. The van der Waals surface area contributed by atoms with Crippen LogP contribution in [0.5, 0.6) is 0 Å². The number of hydrogen-bond donors (Lipinski definition) is 0. The minimum Gasteiger partial charge on any atom is -0.456 e. The average molecular weight is 674 g/mol. The molecular weight excluding hydrogens is 643 g/mol. The molecule has 1 aromatic heterocycles. The van der Waals surface area contributed by atoms with Crippen LogP contribution in [0, 0.1) is 0 Å². The van der Waals surface area contributed by atoms with Crippen LogP contribution >= 0.6 is 0 Å². The third-order valence-electron chi connectivity index (χ3n) is 11.8. The molecule has 0 radical (unpaired) electrons. The van der Waals surface area contributed by atoms with Gasteiger partial charge >= 0.3 is 0 Å². The van der Waals surface area contributed by atoms with E-state index in [0.29, 0.717) is 0 Å². The van der Waals surface area contributed by atoms with Crippen LogP contribution in [0.2, 0.25) is 0 Å². The van der Waals surface area contributed by atoms with Gasteiger partial charge in [-0.15, -0.1) is 0 Å². The molecule has 2 aliphatic rings. The summed E-state index contributed by atoms with van der Waals surface area (Å²) in [4.78, 5) is 2.45. The van der Waals surface area contributed by atoms with Crippen molar-refractivity contribution in [1.29, 1.82) is 0 Å². The van der Waals surface area contributed by atoms with Gasteiger partial charge < -0.3 is 9.32 Å². The zero-order valence-corrected chi connectivity index (χ0v) is 28.8. The van der Waals surface area contributed by atoms with E-state index in [9.17, 15) is 0 Å². The second-order valence-corrected chi connectivity index (χ2v) is 14.4. The van der Waals surface area contributed by atoms with Crippen molar-refractivity contribution in [3.05, 3.63) is 210 Å². The summed E-state index contributed by atoms with van der Waals surface area (Å²) < 4.78 is 6.31. The third-order valence-corrected chi connectivity index (χ3v) is 11.8. The molecule has 0 atom stereocenters. The van der Waals surface area contributed by atoms with Crippen LogP contribution in [0.15, 0.2) is 192 Å². The van der Waals surface area contributed by atoms with Gasteiger partial charge in [0.15, 0.2) is 0 Å². The SMILES string of the molecule is c1ccc(N(c2ccc3oc4ccccc4c3c2)c2cc3c(c4ccccc24)-c2ccc4ccccc4c2C32c3ccccc3-c3ccccc32)cc1. The number of anilines is 3. The van der Waals surface area contributed by atoms with E-state index in [0.717, 1.165) is 39.0 Å². The largest absolute Gasteiger partial charge is 0.456 e. The van der Waals surface area contributed by atoms with E-state index in [2.05, 4.69) is 187 Å². The van der Waals surface area contributed by atoms with Gasteiger partial charge in [0.05, 0.1) is 11.1 Å². The third kappa shape index (κ3) is 3.72. The molecule has 53 heavy (non-hydrogen) atoms. The van der Waals surface area contributed by atoms with Crippen LogP contribution in [-0.2, 0) is 5.41 Å². The monoisotopic (exact) mass is 673 g/mol. The summed E-state index contributed by atoms with van der Waals surface area (Å²) in [5, 5.41) is 7.26. The number of hydrogen-bond acceptors (Lipinski definition) is 2. The van der Waals surface area contributed by atoms with Crippen LogP contribution in [0.3, 0.4) is 0 Å². The van der Waals surface area contributed by atoms with Gasteiger partial charge in [-0.3, -0.25) is 0 Å². The van der Waals surface area contributed by atoms with Crippen LogP contribution < -0.4 is 4.90 Å². The van der Waals surface area contributed by atoms with Gasteiger partial charge in [-0.05, 0) is 103 Å². The van der Waals surface area contributed by atoms with Gasteiger partial charge in [-0.1, -0.05) is 146 Å². The number of furan rings is 1. The lowest BCUT2D eigenvalue weighted by atomic mass is 9.69. The van der Waals surface area contributed by atoms with Gasteiger partial charge in [0.1, 0.15) is 11.2 Å². The second-order valence-electron chi connectivity index (χ2n) is 14.4. The number of para-hydroxylation sites is 2. The summed E-state index contributed by atoms with van der Waals surface area (Å²) in [5.74, 6) is 0. The highest BCUT2D eigenvalue weighted by atomic mass is 16.3. The Hall–Kier alpha value is -6.90. The Morgan fingerprint density at radius 1 is 0.377 bits per heavy atom. The first-order chi connectivity index (χ1) is 26.3. The summed E-state index contributed by atoms with van der Waals surface area (Å²) >= 11 is 0. The lowest BCUT2D eigenvalue weighted by Crippen LogP contribution is -2.26. The summed E-state index contributed by atoms with van der Waals surface area (Å²) in [6.07, 6.45) is 0. The summed E-state index contributed by atoms with van der Waals surface area (Å²) in [5.41, 5.74) is 15.3. The Morgan fingerprint density at radius 3 is 1.79 bits per heavy atom. The van der Waals surface area contributed by atoms with E-state index < -0.39 is 5.41 Å². The number of benzene rings is 9. The molecule has 0 amide bonds. The Bertz CT molecular complexity index is 3090. The lowest BCUT2D eigenvalue weighted by molar-refractivity contribution is 0.669. The van der Waals surface area contributed by atoms with Crippen LogP contribution in [0.4, 0.5) is 17.1 Å². The topological polar surface area (TPSA) is 16.4 Å². The molecule has 2 nitrogen and oxygen atoms in total. The Labute approximate surface area is 306 Å². The Kier molecular flexibility index (Phi) is 5.73. The molecular formula is C51H31NO. The van der Waals surface area contributed by atoms with E-state index >= 15 is 0 Å². The van der Waals surface area contributed by atoms with Gasteiger partial charge in [0, 0.05) is 27.5 Å². The van der Waals surface area contributed by atoms with Gasteiger partial charge in [-0.2, -0.15) is 0 Å². The standard InChI is InChI=1S/C51H31NO/c1-2-15-33(16-3-1)52(34-27-29-48-42(30-34)39-21-10-13-25-47(39)53-48)46-31-45-49(40-22-7-6-20-38(40)46)41-28-26-32-14-4-5-17-35(32)50(41)51(45)43-23-11-8-18-36(43)37-19-9-12-24-44(37)51/h1-31H. The predicted octanol–water partition coefficient (Wildman–Crippen LogP) is 13.7. The molecule has 1 spiro atoms. The quantitative estimate of drug-likeness (QED) is 0.186. The normalized spacial score (nSPS) is 13.4. The molecule has 0 N–H and O–H groups in total. The molecule has 12 rings (SSSR count). The van der Waals surface area contributed by atoms with Crippen molar-refractivity contribution >= 4 is 60.5 Å². The average Bonchev–Trinajstić information content (AvgIpc) is 3.85. The zero-order valence-electron chi connectivity index (χ0n) is 28.8. The fraction of sp³-hybridized carbons (Fsp3) is 0.0196. The highest BCUT2D eigenvalue weighted by molar-refractivity contribution is 6.15. The fourth-order valence-electron chi connectivity index (χ4n) is 9.80.